The van der Waals surface area contributed by atoms with Crippen LogP contribution in [0.1, 0.15) is 21.6 Å². The van der Waals surface area contributed by atoms with Crippen LogP contribution in [-0.4, -0.2) is 20.9 Å². The molecule has 2 heterocycles. The first kappa shape index (κ1) is 13.6. The molecular weight excluding hydrogens is 288 g/mol. The molecule has 106 valence electrons. The molecule has 0 spiro atoms. The number of nitrogens with zero attached hydrogens (tertiary/aromatic N) is 2. The van der Waals surface area contributed by atoms with Crippen LogP contribution in [0.4, 0.5) is 5.82 Å². The Bertz CT molecular complexity index is 841. The normalized spacial score (nSPS) is 10.8. The lowest BCUT2D eigenvalue weighted by atomic mass is 10.1. The number of carbonyl (C=O) groups excluding carboxylic acids is 1. The van der Waals surface area contributed by atoms with E-state index >= 15 is 0 Å². The van der Waals surface area contributed by atoms with Gasteiger partial charge in [-0.25, -0.2) is 4.98 Å². The van der Waals surface area contributed by atoms with Gasteiger partial charge in [-0.05, 0) is 37.6 Å². The van der Waals surface area contributed by atoms with Crippen molar-refractivity contribution in [2.24, 2.45) is 0 Å². The van der Waals surface area contributed by atoms with Gasteiger partial charge in [-0.15, -0.1) is 0 Å². The third-order valence-electron chi connectivity index (χ3n) is 3.42. The molecule has 0 aliphatic heterocycles. The number of hydrogen-bond acceptors (Lipinski definition) is 3. The van der Waals surface area contributed by atoms with Gasteiger partial charge in [0.2, 0.25) is 0 Å². The maximum atomic E-state index is 12.3. The standard InChI is InChI=1S/C15H13ClN4O/c1-8-9(2)18-12-4-3-10(5-11(8)12)15(21)20-14-7-17-6-13(16)19-14/h3-7,18H,1-2H3,(H,19,20,21). The van der Waals surface area contributed by atoms with Crippen LogP contribution in [0.2, 0.25) is 5.15 Å². The number of nitrogens with one attached hydrogen (secondary N) is 2. The molecule has 3 rings (SSSR count). The molecule has 0 saturated heterocycles. The number of aryl methyl sites for hydroxylation is 2. The van der Waals surface area contributed by atoms with Crippen molar-refractivity contribution in [2.75, 3.05) is 5.32 Å². The average Bonchev–Trinajstić information content (AvgIpc) is 2.74. The number of rotatable bonds is 2. The molecule has 1 amide bonds. The van der Waals surface area contributed by atoms with Crippen LogP contribution in [-0.2, 0) is 0 Å². The molecule has 0 atom stereocenters. The number of halogens is 1. The zero-order valence-electron chi connectivity index (χ0n) is 11.6. The minimum Gasteiger partial charge on any atom is -0.358 e. The summed E-state index contributed by atoms with van der Waals surface area (Å²) in [6.45, 7) is 4.04. The van der Waals surface area contributed by atoms with E-state index in [1.165, 1.54) is 12.4 Å². The van der Waals surface area contributed by atoms with Crippen molar-refractivity contribution in [2.45, 2.75) is 13.8 Å². The predicted octanol–water partition coefficient (Wildman–Crippen LogP) is 3.48. The Balaban J connectivity index is 1.92. The van der Waals surface area contributed by atoms with Gasteiger partial charge >= 0.3 is 0 Å². The van der Waals surface area contributed by atoms with Crippen molar-refractivity contribution >= 4 is 34.2 Å². The van der Waals surface area contributed by atoms with Crippen molar-refractivity contribution in [1.82, 2.24) is 15.0 Å². The van der Waals surface area contributed by atoms with E-state index in [2.05, 4.69) is 20.3 Å². The third kappa shape index (κ3) is 2.60. The summed E-state index contributed by atoms with van der Waals surface area (Å²) < 4.78 is 0. The van der Waals surface area contributed by atoms with E-state index in [0.29, 0.717) is 11.4 Å². The lowest BCUT2D eigenvalue weighted by molar-refractivity contribution is 0.102. The second-order valence-corrected chi connectivity index (χ2v) is 5.20. The molecular formula is C15H13ClN4O. The lowest BCUT2D eigenvalue weighted by Crippen LogP contribution is -2.13. The van der Waals surface area contributed by atoms with E-state index < -0.39 is 0 Å². The SMILES string of the molecule is Cc1[nH]c2ccc(C(=O)Nc3cncc(Cl)n3)cc2c1C. The summed E-state index contributed by atoms with van der Waals surface area (Å²) in [5.74, 6) is 0.0845. The number of anilines is 1. The minimum absolute atomic E-state index is 0.236. The molecule has 0 fully saturated rings. The molecule has 0 bridgehead atoms. The Morgan fingerprint density at radius 3 is 2.86 bits per heavy atom. The highest BCUT2D eigenvalue weighted by Crippen LogP contribution is 2.22. The molecule has 3 aromatic rings. The van der Waals surface area contributed by atoms with Crippen LogP contribution in [0.25, 0.3) is 10.9 Å². The van der Waals surface area contributed by atoms with Crippen LogP contribution in [0.5, 0.6) is 0 Å². The highest BCUT2D eigenvalue weighted by Gasteiger charge is 2.11. The Morgan fingerprint density at radius 2 is 2.10 bits per heavy atom. The van der Waals surface area contributed by atoms with Gasteiger partial charge in [0.25, 0.3) is 5.91 Å². The molecule has 2 aromatic heterocycles. The molecule has 1 aromatic carbocycles. The molecule has 5 nitrogen and oxygen atoms in total. The molecule has 2 N–H and O–H groups in total. The van der Waals surface area contributed by atoms with Crippen molar-refractivity contribution < 1.29 is 4.79 Å². The van der Waals surface area contributed by atoms with Crippen LogP contribution in [0.3, 0.4) is 0 Å². The third-order valence-corrected chi connectivity index (χ3v) is 3.60. The number of aromatic amines is 1. The second-order valence-electron chi connectivity index (χ2n) is 4.82. The van der Waals surface area contributed by atoms with Gasteiger partial charge in [-0.2, -0.15) is 0 Å². The summed E-state index contributed by atoms with van der Waals surface area (Å²) >= 11 is 5.75. The summed E-state index contributed by atoms with van der Waals surface area (Å²) in [7, 11) is 0. The Kier molecular flexibility index (Phi) is 3.35. The Morgan fingerprint density at radius 1 is 1.29 bits per heavy atom. The summed E-state index contributed by atoms with van der Waals surface area (Å²) in [5, 5.41) is 3.96. The zero-order valence-corrected chi connectivity index (χ0v) is 12.3. The van der Waals surface area contributed by atoms with E-state index in [9.17, 15) is 4.79 Å². The second kappa shape index (κ2) is 5.18. The monoisotopic (exact) mass is 300 g/mol. The van der Waals surface area contributed by atoms with Crippen molar-refractivity contribution in [3.63, 3.8) is 0 Å². The Labute approximate surface area is 126 Å². The fraction of sp³-hybridized carbons (Fsp3) is 0.133. The molecule has 0 aliphatic carbocycles. The quantitative estimate of drug-likeness (QED) is 0.761. The first-order chi connectivity index (χ1) is 10.0. The largest absolute Gasteiger partial charge is 0.358 e. The van der Waals surface area contributed by atoms with Crippen LogP contribution in [0.15, 0.2) is 30.6 Å². The van der Waals surface area contributed by atoms with Crippen molar-refractivity contribution in [3.05, 3.63) is 52.6 Å². The first-order valence-electron chi connectivity index (χ1n) is 6.42. The number of carbonyl (C=O) groups is 1. The zero-order chi connectivity index (χ0) is 15.0. The van der Waals surface area contributed by atoms with Gasteiger partial charge < -0.3 is 10.3 Å². The van der Waals surface area contributed by atoms with Crippen LogP contribution < -0.4 is 5.32 Å². The molecule has 0 unspecified atom stereocenters. The number of hydrogen-bond donors (Lipinski definition) is 2. The molecule has 0 aliphatic rings. The number of fused-ring (bicyclic) bond motifs is 1. The Hall–Kier alpha value is -2.40. The van der Waals surface area contributed by atoms with Crippen LogP contribution >= 0.6 is 11.6 Å². The molecule has 21 heavy (non-hydrogen) atoms. The number of amides is 1. The smallest absolute Gasteiger partial charge is 0.256 e. The van der Waals surface area contributed by atoms with Gasteiger partial charge in [0.05, 0.1) is 12.4 Å². The van der Waals surface area contributed by atoms with E-state index in [0.717, 1.165) is 22.2 Å². The van der Waals surface area contributed by atoms with Crippen molar-refractivity contribution in [3.8, 4) is 0 Å². The number of H-pyrrole nitrogens is 1. The van der Waals surface area contributed by atoms with E-state index in [-0.39, 0.29) is 11.1 Å². The predicted molar refractivity (Wildman–Crippen MR) is 82.8 cm³/mol. The highest BCUT2D eigenvalue weighted by molar-refractivity contribution is 6.29. The summed E-state index contributed by atoms with van der Waals surface area (Å²) in [6, 6.07) is 5.53. The fourth-order valence-corrected chi connectivity index (χ4v) is 2.34. The van der Waals surface area contributed by atoms with E-state index in [1.807, 2.05) is 26.0 Å². The number of aromatic nitrogens is 3. The number of benzene rings is 1. The van der Waals surface area contributed by atoms with Gasteiger partial charge in [0.15, 0.2) is 5.82 Å². The lowest BCUT2D eigenvalue weighted by Gasteiger charge is -2.04. The first-order valence-corrected chi connectivity index (χ1v) is 6.80. The van der Waals surface area contributed by atoms with Gasteiger partial charge in [-0.3, -0.25) is 9.78 Å². The molecule has 6 heteroatoms. The summed E-state index contributed by atoms with van der Waals surface area (Å²) in [4.78, 5) is 23.4. The highest BCUT2D eigenvalue weighted by atomic mass is 35.5. The van der Waals surface area contributed by atoms with E-state index in [4.69, 9.17) is 11.6 Å². The average molecular weight is 301 g/mol. The molecule has 0 saturated carbocycles. The minimum atomic E-state index is -0.244. The van der Waals surface area contributed by atoms with Gasteiger partial charge in [0, 0.05) is 22.2 Å². The summed E-state index contributed by atoms with van der Waals surface area (Å²) in [5.41, 5.74) is 3.82. The maximum absolute atomic E-state index is 12.3. The topological polar surface area (TPSA) is 70.7 Å². The van der Waals surface area contributed by atoms with Gasteiger partial charge in [0.1, 0.15) is 5.15 Å². The van der Waals surface area contributed by atoms with E-state index in [1.54, 1.807) is 6.07 Å². The fourth-order valence-electron chi connectivity index (χ4n) is 2.19. The summed E-state index contributed by atoms with van der Waals surface area (Å²) in [6.07, 6.45) is 2.86. The van der Waals surface area contributed by atoms with Crippen molar-refractivity contribution in [1.29, 1.82) is 0 Å². The maximum Gasteiger partial charge on any atom is 0.256 e. The van der Waals surface area contributed by atoms with Gasteiger partial charge in [-0.1, -0.05) is 11.6 Å². The van der Waals surface area contributed by atoms with Crippen LogP contribution in [0, 0.1) is 13.8 Å². The molecule has 0 radical (unpaired) electrons.